The summed E-state index contributed by atoms with van der Waals surface area (Å²) in [5.41, 5.74) is 8.32. The molecule has 0 amide bonds. The Morgan fingerprint density at radius 1 is 1.19 bits per heavy atom. The minimum Gasteiger partial charge on any atom is -0.330 e. The molecule has 0 aliphatic carbocycles. The first-order chi connectivity index (χ1) is 7.62. The van der Waals surface area contributed by atoms with E-state index in [1.54, 1.807) is 0 Å². The molecule has 2 heteroatoms. The largest absolute Gasteiger partial charge is 0.330 e. The molecule has 0 atom stereocenters. The van der Waals surface area contributed by atoms with Gasteiger partial charge in [0.05, 0.1) is 5.52 Å². The Balaban J connectivity index is 2.45. The maximum atomic E-state index is 5.78. The highest BCUT2D eigenvalue weighted by molar-refractivity contribution is 5.81. The number of fused-ring (bicyclic) bond motifs is 1. The van der Waals surface area contributed by atoms with Crippen LogP contribution in [0.5, 0.6) is 0 Å². The second-order valence-corrected chi connectivity index (χ2v) is 5.03. The van der Waals surface area contributed by atoms with Gasteiger partial charge in [-0.2, -0.15) is 0 Å². The third-order valence-electron chi connectivity index (χ3n) is 2.96. The summed E-state index contributed by atoms with van der Waals surface area (Å²) in [7, 11) is 0. The van der Waals surface area contributed by atoms with Crippen molar-refractivity contribution >= 4 is 10.9 Å². The molecule has 0 saturated heterocycles. The number of hydrogen-bond donors (Lipinski definition) is 1. The molecule has 1 aromatic carbocycles. The highest BCUT2D eigenvalue weighted by Gasteiger charge is 2.17. The molecule has 2 rings (SSSR count). The van der Waals surface area contributed by atoms with Crippen LogP contribution in [0.1, 0.15) is 19.4 Å². The van der Waals surface area contributed by atoms with Crippen LogP contribution in [0, 0.1) is 5.41 Å². The predicted octanol–water partition coefficient (Wildman–Crippen LogP) is 2.76. The van der Waals surface area contributed by atoms with Crippen molar-refractivity contribution in [1.29, 1.82) is 0 Å². The molecule has 16 heavy (non-hydrogen) atoms. The minimum atomic E-state index is 0.143. The number of nitrogens with zero attached hydrogens (tertiary/aromatic N) is 1. The number of hydrogen-bond acceptors (Lipinski definition) is 2. The van der Waals surface area contributed by atoms with E-state index in [4.69, 9.17) is 5.73 Å². The van der Waals surface area contributed by atoms with Crippen molar-refractivity contribution in [3.8, 4) is 0 Å². The molecule has 0 bridgehead atoms. The van der Waals surface area contributed by atoms with Gasteiger partial charge in [-0.1, -0.05) is 32.0 Å². The quantitative estimate of drug-likeness (QED) is 0.853. The first-order valence-corrected chi connectivity index (χ1v) is 5.65. The Morgan fingerprint density at radius 2 is 1.94 bits per heavy atom. The van der Waals surface area contributed by atoms with Crippen LogP contribution in [-0.4, -0.2) is 11.5 Å². The molecular weight excluding hydrogens is 196 g/mol. The lowest BCUT2D eigenvalue weighted by Crippen LogP contribution is -2.26. The van der Waals surface area contributed by atoms with E-state index in [0.717, 1.165) is 11.9 Å². The smallest absolute Gasteiger partial charge is 0.0704 e. The van der Waals surface area contributed by atoms with Gasteiger partial charge in [-0.25, -0.2) is 0 Å². The highest BCUT2D eigenvalue weighted by atomic mass is 14.6. The zero-order valence-corrected chi connectivity index (χ0v) is 9.90. The number of nitrogens with two attached hydrogens (primary N) is 1. The van der Waals surface area contributed by atoms with Crippen LogP contribution < -0.4 is 5.73 Å². The van der Waals surface area contributed by atoms with Crippen LogP contribution in [-0.2, 0) is 6.42 Å². The molecule has 2 aromatic rings. The minimum absolute atomic E-state index is 0.143. The Morgan fingerprint density at radius 3 is 2.69 bits per heavy atom. The van der Waals surface area contributed by atoms with Gasteiger partial charge in [0.15, 0.2) is 0 Å². The van der Waals surface area contributed by atoms with Gasteiger partial charge in [0.2, 0.25) is 0 Å². The van der Waals surface area contributed by atoms with Gasteiger partial charge >= 0.3 is 0 Å². The summed E-state index contributed by atoms with van der Waals surface area (Å²) < 4.78 is 0. The summed E-state index contributed by atoms with van der Waals surface area (Å²) in [6.45, 7) is 5.09. The number of para-hydroxylation sites is 1. The molecular formula is C14H18N2. The normalized spacial score (nSPS) is 11.9. The summed E-state index contributed by atoms with van der Waals surface area (Å²) in [4.78, 5) is 4.37. The molecule has 0 fully saturated rings. The van der Waals surface area contributed by atoms with E-state index in [0.29, 0.717) is 6.54 Å². The van der Waals surface area contributed by atoms with E-state index < -0.39 is 0 Å². The maximum Gasteiger partial charge on any atom is 0.0704 e. The molecule has 0 aliphatic rings. The van der Waals surface area contributed by atoms with Crippen molar-refractivity contribution in [1.82, 2.24) is 4.98 Å². The van der Waals surface area contributed by atoms with E-state index in [-0.39, 0.29) is 5.41 Å². The molecule has 84 valence electrons. The number of rotatable bonds is 3. The molecule has 0 saturated carbocycles. The van der Waals surface area contributed by atoms with Gasteiger partial charge in [0.25, 0.3) is 0 Å². The standard InChI is InChI=1S/C14H18N2/c1-14(2,10-15)9-11-7-8-16-13-6-4-3-5-12(11)13/h3-8H,9-10,15H2,1-2H3. The van der Waals surface area contributed by atoms with E-state index in [1.165, 1.54) is 10.9 Å². The van der Waals surface area contributed by atoms with Crippen LogP contribution in [0.3, 0.4) is 0 Å². The van der Waals surface area contributed by atoms with E-state index >= 15 is 0 Å². The lowest BCUT2D eigenvalue weighted by Gasteiger charge is -2.22. The molecule has 1 heterocycles. The van der Waals surface area contributed by atoms with Crippen LogP contribution >= 0.6 is 0 Å². The Labute approximate surface area is 96.5 Å². The third kappa shape index (κ3) is 2.22. The fourth-order valence-corrected chi connectivity index (χ4v) is 1.90. The zero-order valence-electron chi connectivity index (χ0n) is 9.90. The summed E-state index contributed by atoms with van der Waals surface area (Å²) >= 11 is 0. The van der Waals surface area contributed by atoms with Gasteiger partial charge in [-0.05, 0) is 36.1 Å². The molecule has 2 nitrogen and oxygen atoms in total. The fraction of sp³-hybridized carbons (Fsp3) is 0.357. The average molecular weight is 214 g/mol. The second-order valence-electron chi connectivity index (χ2n) is 5.03. The topological polar surface area (TPSA) is 38.9 Å². The van der Waals surface area contributed by atoms with Crippen LogP contribution in [0.2, 0.25) is 0 Å². The van der Waals surface area contributed by atoms with Crippen molar-refractivity contribution < 1.29 is 0 Å². The molecule has 0 radical (unpaired) electrons. The van der Waals surface area contributed by atoms with E-state index in [9.17, 15) is 0 Å². The fourth-order valence-electron chi connectivity index (χ4n) is 1.90. The average Bonchev–Trinajstić information content (AvgIpc) is 2.29. The van der Waals surface area contributed by atoms with Crippen LogP contribution in [0.4, 0.5) is 0 Å². The molecule has 1 aromatic heterocycles. The monoisotopic (exact) mass is 214 g/mol. The molecule has 2 N–H and O–H groups in total. The maximum absolute atomic E-state index is 5.78. The van der Waals surface area contributed by atoms with Gasteiger partial charge in [-0.3, -0.25) is 4.98 Å². The van der Waals surface area contributed by atoms with Gasteiger partial charge in [0, 0.05) is 11.6 Å². The highest BCUT2D eigenvalue weighted by Crippen LogP contribution is 2.25. The first-order valence-electron chi connectivity index (χ1n) is 5.65. The summed E-state index contributed by atoms with van der Waals surface area (Å²) in [5, 5.41) is 1.24. The van der Waals surface area contributed by atoms with Crippen molar-refractivity contribution in [2.45, 2.75) is 20.3 Å². The Kier molecular flexibility index (Phi) is 2.92. The summed E-state index contributed by atoms with van der Waals surface area (Å²) in [6.07, 6.45) is 2.87. The number of benzene rings is 1. The lowest BCUT2D eigenvalue weighted by atomic mass is 9.85. The van der Waals surface area contributed by atoms with Crippen molar-refractivity contribution in [3.05, 3.63) is 42.1 Å². The van der Waals surface area contributed by atoms with E-state index in [2.05, 4.69) is 37.0 Å². The number of aromatic nitrogens is 1. The molecule has 0 aliphatic heterocycles. The SMILES string of the molecule is CC(C)(CN)Cc1ccnc2ccccc12. The Bertz CT molecular complexity index is 484. The molecule has 0 spiro atoms. The van der Waals surface area contributed by atoms with Crippen molar-refractivity contribution in [2.75, 3.05) is 6.54 Å². The molecule has 0 unspecified atom stereocenters. The van der Waals surface area contributed by atoms with Crippen LogP contribution in [0.15, 0.2) is 36.5 Å². The summed E-state index contributed by atoms with van der Waals surface area (Å²) in [5.74, 6) is 0. The second kappa shape index (κ2) is 4.22. The van der Waals surface area contributed by atoms with Gasteiger partial charge < -0.3 is 5.73 Å². The van der Waals surface area contributed by atoms with Gasteiger partial charge in [0.1, 0.15) is 0 Å². The first kappa shape index (κ1) is 11.1. The van der Waals surface area contributed by atoms with Crippen molar-refractivity contribution in [2.24, 2.45) is 11.1 Å². The van der Waals surface area contributed by atoms with Gasteiger partial charge in [-0.15, -0.1) is 0 Å². The number of pyridine rings is 1. The summed E-state index contributed by atoms with van der Waals surface area (Å²) in [6, 6.07) is 10.4. The van der Waals surface area contributed by atoms with Crippen LogP contribution in [0.25, 0.3) is 10.9 Å². The van der Waals surface area contributed by atoms with E-state index in [1.807, 2.05) is 18.3 Å². The Hall–Kier alpha value is -1.41. The third-order valence-corrected chi connectivity index (χ3v) is 2.96. The zero-order chi connectivity index (χ0) is 11.6. The van der Waals surface area contributed by atoms with Crippen molar-refractivity contribution in [3.63, 3.8) is 0 Å². The lowest BCUT2D eigenvalue weighted by molar-refractivity contribution is 0.378. The predicted molar refractivity (Wildman–Crippen MR) is 68.3 cm³/mol.